The van der Waals surface area contributed by atoms with Gasteiger partial charge in [-0.1, -0.05) is 6.07 Å². The van der Waals surface area contributed by atoms with E-state index in [0.717, 1.165) is 10.0 Å². The first-order valence-corrected chi connectivity index (χ1v) is 6.94. The summed E-state index contributed by atoms with van der Waals surface area (Å²) in [6, 6.07) is 3.83. The Morgan fingerprint density at radius 1 is 1.48 bits per heavy atom. The molecular weight excluding hydrogens is 353 g/mol. The third-order valence-corrected chi connectivity index (χ3v) is 3.37. The molecule has 0 heterocycles. The highest BCUT2D eigenvalue weighted by atomic mass is 79.9. The third-order valence-electron chi connectivity index (χ3n) is 2.72. The van der Waals surface area contributed by atoms with Crippen molar-refractivity contribution < 1.29 is 22.7 Å². The first-order chi connectivity index (χ1) is 9.73. The number of methoxy groups -OCH3 is 1. The summed E-state index contributed by atoms with van der Waals surface area (Å²) in [4.78, 5) is 11.4. The van der Waals surface area contributed by atoms with E-state index in [9.17, 15) is 18.0 Å². The van der Waals surface area contributed by atoms with E-state index in [-0.39, 0.29) is 6.54 Å². The number of nitrogens with two attached hydrogens (primary N) is 1. The van der Waals surface area contributed by atoms with Crippen molar-refractivity contribution in [3.8, 4) is 5.75 Å². The second-order valence-electron chi connectivity index (χ2n) is 4.44. The average molecular weight is 369 g/mol. The zero-order valence-electron chi connectivity index (χ0n) is 11.3. The van der Waals surface area contributed by atoms with Gasteiger partial charge in [0.2, 0.25) is 5.91 Å². The van der Waals surface area contributed by atoms with Crippen LogP contribution in [0.5, 0.6) is 5.75 Å². The molecule has 118 valence electrons. The van der Waals surface area contributed by atoms with Crippen LogP contribution in [0.2, 0.25) is 0 Å². The second kappa shape index (κ2) is 7.65. The minimum Gasteiger partial charge on any atom is -0.496 e. The van der Waals surface area contributed by atoms with Gasteiger partial charge in [-0.2, -0.15) is 13.2 Å². The molecule has 1 amide bonds. The molecule has 0 saturated carbocycles. The van der Waals surface area contributed by atoms with Crippen molar-refractivity contribution in [2.24, 2.45) is 5.73 Å². The third kappa shape index (κ3) is 6.34. The molecule has 0 bridgehead atoms. The van der Waals surface area contributed by atoms with Gasteiger partial charge >= 0.3 is 6.18 Å². The smallest absolute Gasteiger partial charge is 0.391 e. The summed E-state index contributed by atoms with van der Waals surface area (Å²) in [7, 11) is 1.53. The van der Waals surface area contributed by atoms with Crippen LogP contribution in [0, 0.1) is 0 Å². The second-order valence-corrected chi connectivity index (χ2v) is 5.29. The van der Waals surface area contributed by atoms with Crippen LogP contribution in [0.4, 0.5) is 13.2 Å². The normalized spacial score (nSPS) is 12.9. The predicted molar refractivity (Wildman–Crippen MR) is 76.1 cm³/mol. The number of hydrogen-bond acceptors (Lipinski definition) is 3. The predicted octanol–water partition coefficient (Wildman–Crippen LogP) is 2.40. The molecule has 0 saturated heterocycles. The van der Waals surface area contributed by atoms with Crippen molar-refractivity contribution >= 4 is 21.8 Å². The molecule has 21 heavy (non-hydrogen) atoms. The lowest BCUT2D eigenvalue weighted by Crippen LogP contribution is -2.43. The minimum absolute atomic E-state index is 0.204. The standard InChI is InChI=1S/C13H16BrF3N2O2/c1-21-11-6-8(2-3-9(11)14)4-5-19-12(20)10(18)7-13(15,16)17/h2-3,6,10H,4-5,7,18H2,1H3,(H,19,20)/t10-/m0/s1. The summed E-state index contributed by atoms with van der Waals surface area (Å²) < 4.78 is 42.2. The van der Waals surface area contributed by atoms with E-state index in [1.807, 2.05) is 6.07 Å². The largest absolute Gasteiger partial charge is 0.496 e. The zero-order chi connectivity index (χ0) is 16.0. The maximum absolute atomic E-state index is 12.1. The van der Waals surface area contributed by atoms with Crippen LogP contribution < -0.4 is 15.8 Å². The van der Waals surface area contributed by atoms with Gasteiger partial charge in [0.1, 0.15) is 5.75 Å². The quantitative estimate of drug-likeness (QED) is 0.810. The Morgan fingerprint density at radius 3 is 2.71 bits per heavy atom. The highest BCUT2D eigenvalue weighted by Gasteiger charge is 2.33. The van der Waals surface area contributed by atoms with Crippen LogP contribution in [0.25, 0.3) is 0 Å². The molecule has 3 N–H and O–H groups in total. The van der Waals surface area contributed by atoms with Crippen molar-refractivity contribution in [2.75, 3.05) is 13.7 Å². The summed E-state index contributed by atoms with van der Waals surface area (Å²) in [6.07, 6.45) is -5.31. The van der Waals surface area contributed by atoms with Crippen molar-refractivity contribution in [2.45, 2.75) is 25.1 Å². The van der Waals surface area contributed by atoms with Gasteiger partial charge < -0.3 is 15.8 Å². The first-order valence-electron chi connectivity index (χ1n) is 6.15. The van der Waals surface area contributed by atoms with E-state index in [1.54, 1.807) is 12.1 Å². The van der Waals surface area contributed by atoms with Gasteiger partial charge in [0.15, 0.2) is 0 Å². The molecule has 0 aliphatic rings. The number of benzene rings is 1. The number of carbonyl (C=O) groups is 1. The van der Waals surface area contributed by atoms with Gasteiger partial charge in [-0.25, -0.2) is 0 Å². The van der Waals surface area contributed by atoms with Crippen LogP contribution in [0.3, 0.4) is 0 Å². The number of alkyl halides is 3. The minimum atomic E-state index is -4.45. The average Bonchev–Trinajstić information content (AvgIpc) is 2.38. The number of rotatable bonds is 6. The summed E-state index contributed by atoms with van der Waals surface area (Å²) >= 11 is 3.31. The fraction of sp³-hybridized carbons (Fsp3) is 0.462. The number of ether oxygens (including phenoxy) is 1. The highest BCUT2D eigenvalue weighted by molar-refractivity contribution is 9.10. The molecule has 0 spiro atoms. The van der Waals surface area contributed by atoms with E-state index in [1.165, 1.54) is 7.11 Å². The Hall–Kier alpha value is -1.28. The van der Waals surface area contributed by atoms with E-state index in [2.05, 4.69) is 21.2 Å². The molecule has 0 fully saturated rings. The summed E-state index contributed by atoms with van der Waals surface area (Å²) in [5.41, 5.74) is 6.08. The number of carbonyl (C=O) groups excluding carboxylic acids is 1. The Bertz CT molecular complexity index is 495. The fourth-order valence-electron chi connectivity index (χ4n) is 1.66. The van der Waals surface area contributed by atoms with Gasteiger partial charge in [-0.3, -0.25) is 4.79 Å². The van der Waals surface area contributed by atoms with Crippen molar-refractivity contribution in [1.82, 2.24) is 5.32 Å². The summed E-state index contributed by atoms with van der Waals surface area (Å²) in [5.74, 6) is -0.163. The SMILES string of the molecule is COc1cc(CCNC(=O)[C@@H](N)CC(F)(F)F)ccc1Br. The molecule has 1 aromatic carbocycles. The molecular formula is C13H16BrF3N2O2. The van der Waals surface area contributed by atoms with Gasteiger partial charge in [0.25, 0.3) is 0 Å². The van der Waals surface area contributed by atoms with Crippen molar-refractivity contribution in [3.63, 3.8) is 0 Å². The van der Waals surface area contributed by atoms with Crippen LogP contribution in [0.1, 0.15) is 12.0 Å². The van der Waals surface area contributed by atoms with Crippen LogP contribution in [-0.4, -0.2) is 31.8 Å². The van der Waals surface area contributed by atoms with Crippen LogP contribution >= 0.6 is 15.9 Å². The van der Waals surface area contributed by atoms with E-state index < -0.39 is 24.5 Å². The highest BCUT2D eigenvalue weighted by Crippen LogP contribution is 2.25. The molecule has 0 aromatic heterocycles. The number of nitrogens with one attached hydrogen (secondary N) is 1. The number of amides is 1. The van der Waals surface area contributed by atoms with E-state index in [4.69, 9.17) is 10.5 Å². The van der Waals surface area contributed by atoms with E-state index in [0.29, 0.717) is 12.2 Å². The van der Waals surface area contributed by atoms with Gasteiger partial charge in [-0.15, -0.1) is 0 Å². The molecule has 0 unspecified atom stereocenters. The molecule has 1 atom stereocenters. The molecule has 1 aromatic rings. The topological polar surface area (TPSA) is 64.3 Å². The maximum atomic E-state index is 12.1. The molecule has 8 heteroatoms. The molecule has 0 aliphatic heterocycles. The first kappa shape index (κ1) is 17.8. The van der Waals surface area contributed by atoms with Crippen LogP contribution in [0.15, 0.2) is 22.7 Å². The zero-order valence-corrected chi connectivity index (χ0v) is 12.9. The Kier molecular flexibility index (Phi) is 6.47. The summed E-state index contributed by atoms with van der Waals surface area (Å²) in [5, 5.41) is 2.39. The summed E-state index contributed by atoms with van der Waals surface area (Å²) in [6.45, 7) is 0.204. The number of halogens is 4. The Balaban J connectivity index is 2.44. The lowest BCUT2D eigenvalue weighted by Gasteiger charge is -2.14. The van der Waals surface area contributed by atoms with Gasteiger partial charge in [0.05, 0.1) is 24.0 Å². The van der Waals surface area contributed by atoms with Gasteiger partial charge in [-0.05, 0) is 40.0 Å². The Morgan fingerprint density at radius 2 is 2.14 bits per heavy atom. The molecule has 0 radical (unpaired) electrons. The van der Waals surface area contributed by atoms with Crippen LogP contribution in [-0.2, 0) is 11.2 Å². The van der Waals surface area contributed by atoms with Gasteiger partial charge in [0, 0.05) is 6.54 Å². The molecule has 1 rings (SSSR count). The monoisotopic (exact) mass is 368 g/mol. The van der Waals surface area contributed by atoms with Crippen molar-refractivity contribution in [3.05, 3.63) is 28.2 Å². The van der Waals surface area contributed by atoms with Crippen molar-refractivity contribution in [1.29, 1.82) is 0 Å². The molecule has 0 aliphatic carbocycles. The van der Waals surface area contributed by atoms with E-state index >= 15 is 0 Å². The maximum Gasteiger partial charge on any atom is 0.391 e. The number of hydrogen-bond donors (Lipinski definition) is 2. The lowest BCUT2D eigenvalue weighted by atomic mass is 10.1. The fourth-order valence-corrected chi connectivity index (χ4v) is 2.07. The molecule has 4 nitrogen and oxygen atoms in total. The Labute approximate surface area is 129 Å². The lowest BCUT2D eigenvalue weighted by molar-refractivity contribution is -0.147.